The number of amides is 2. The van der Waals surface area contributed by atoms with Crippen molar-refractivity contribution in [2.45, 2.75) is 46.7 Å². The van der Waals surface area contributed by atoms with Gasteiger partial charge in [-0.1, -0.05) is 62.7 Å². The number of alkyl halides is 3. The Balaban J connectivity index is 2.00. The monoisotopic (exact) mass is 698 g/mol. The van der Waals surface area contributed by atoms with E-state index in [0.717, 1.165) is 12.1 Å². The number of nitrogens with one attached hydrogen (secondary N) is 1. The van der Waals surface area contributed by atoms with Crippen LogP contribution < -0.4 is 5.32 Å². The first kappa shape index (κ1) is 39.2. The van der Waals surface area contributed by atoms with E-state index in [1.54, 1.807) is 45.9 Å². The summed E-state index contributed by atoms with van der Waals surface area (Å²) in [6, 6.07) is 15.1. The van der Waals surface area contributed by atoms with Crippen LogP contribution in [0.5, 0.6) is 0 Å². The molecule has 3 aromatic rings. The van der Waals surface area contributed by atoms with Gasteiger partial charge >= 0.3 is 24.1 Å². The molecule has 1 unspecified atom stereocenters. The second-order valence-corrected chi connectivity index (χ2v) is 11.7. The number of rotatable bonds is 14. The van der Waals surface area contributed by atoms with Gasteiger partial charge < -0.3 is 24.4 Å². The van der Waals surface area contributed by atoms with Crippen molar-refractivity contribution in [3.8, 4) is 11.1 Å². The first-order valence-corrected chi connectivity index (χ1v) is 16.0. The number of hydrogen-bond donors (Lipinski definition) is 1. The normalized spacial score (nSPS) is 12.0. The van der Waals surface area contributed by atoms with Gasteiger partial charge in [0.15, 0.2) is 0 Å². The summed E-state index contributed by atoms with van der Waals surface area (Å²) in [4.78, 5) is 68.1. The molecule has 0 aliphatic rings. The van der Waals surface area contributed by atoms with Crippen LogP contribution in [0, 0.1) is 11.3 Å². The van der Waals surface area contributed by atoms with Crippen LogP contribution in [0.2, 0.25) is 0 Å². The van der Waals surface area contributed by atoms with E-state index in [0.29, 0.717) is 17.5 Å². The number of benzene rings is 3. The van der Waals surface area contributed by atoms with Crippen molar-refractivity contribution in [2.75, 3.05) is 39.2 Å². The first-order valence-electron chi connectivity index (χ1n) is 16.0. The molecule has 1 atom stereocenters. The van der Waals surface area contributed by atoms with Crippen molar-refractivity contribution in [3.05, 3.63) is 89.0 Å². The van der Waals surface area contributed by atoms with E-state index in [1.165, 1.54) is 55.4 Å². The van der Waals surface area contributed by atoms with E-state index in [2.05, 4.69) is 5.32 Å². The predicted molar refractivity (Wildman–Crippen MR) is 179 cm³/mol. The van der Waals surface area contributed by atoms with Crippen molar-refractivity contribution >= 4 is 35.4 Å². The molecule has 0 fully saturated rings. The summed E-state index contributed by atoms with van der Waals surface area (Å²) in [5.74, 6) is -4.48. The Morgan fingerprint density at radius 2 is 1.36 bits per heavy atom. The van der Waals surface area contributed by atoms with E-state index in [9.17, 15) is 37.1 Å². The smallest absolute Gasteiger partial charge is 0.416 e. The van der Waals surface area contributed by atoms with E-state index < -0.39 is 65.8 Å². The topological polar surface area (TPSA) is 128 Å². The molecule has 0 saturated carbocycles. The molecular weight excluding hydrogens is 657 g/mol. The highest BCUT2D eigenvalue weighted by molar-refractivity contribution is 6.12. The third kappa shape index (κ3) is 8.87. The van der Waals surface area contributed by atoms with Crippen LogP contribution in [0.25, 0.3) is 11.1 Å². The Hall–Kier alpha value is -5.20. The number of halogens is 3. The van der Waals surface area contributed by atoms with Gasteiger partial charge in [-0.15, -0.1) is 0 Å². The Labute approximate surface area is 288 Å². The standard InChI is InChI=1S/C37H41F3N2O8/c1-7-23(4)36(34(46)48-8-2,35(47)49-9-3)22-50-30(43)21-25-13-12-16-29(33(45)42(5)6)31(25)41-32(44)28-15-11-10-14-27(28)24-17-19-26(20-18-24)37(38,39)40/h10-20,23H,7-9,21-22H2,1-6H3,(H,41,44). The third-order valence-electron chi connectivity index (χ3n) is 8.25. The molecule has 0 aliphatic heterocycles. The summed E-state index contributed by atoms with van der Waals surface area (Å²) in [6.45, 7) is 5.85. The average Bonchev–Trinajstić information content (AvgIpc) is 3.08. The van der Waals surface area contributed by atoms with E-state index in [1.807, 2.05) is 0 Å². The average molecular weight is 699 g/mol. The minimum atomic E-state index is -4.54. The van der Waals surface area contributed by atoms with Gasteiger partial charge in [0.05, 0.1) is 36.4 Å². The largest absolute Gasteiger partial charge is 0.465 e. The van der Waals surface area contributed by atoms with Gasteiger partial charge in [0, 0.05) is 19.7 Å². The molecule has 0 saturated heterocycles. The maximum atomic E-state index is 13.8. The Morgan fingerprint density at radius 1 is 0.780 bits per heavy atom. The fourth-order valence-corrected chi connectivity index (χ4v) is 5.28. The van der Waals surface area contributed by atoms with E-state index >= 15 is 0 Å². The fourth-order valence-electron chi connectivity index (χ4n) is 5.28. The van der Waals surface area contributed by atoms with Gasteiger partial charge in [0.25, 0.3) is 11.8 Å². The number of esters is 3. The van der Waals surface area contributed by atoms with Gasteiger partial charge in [-0.25, -0.2) is 0 Å². The van der Waals surface area contributed by atoms with Crippen LogP contribution >= 0.6 is 0 Å². The lowest BCUT2D eigenvalue weighted by Gasteiger charge is -2.33. The second kappa shape index (κ2) is 17.0. The van der Waals surface area contributed by atoms with Crippen molar-refractivity contribution in [2.24, 2.45) is 11.3 Å². The summed E-state index contributed by atoms with van der Waals surface area (Å²) < 4.78 is 55.5. The van der Waals surface area contributed by atoms with Crippen LogP contribution in [0.4, 0.5) is 18.9 Å². The van der Waals surface area contributed by atoms with Crippen LogP contribution in [-0.4, -0.2) is 68.5 Å². The van der Waals surface area contributed by atoms with Gasteiger partial charge in [0.1, 0.15) is 6.61 Å². The summed E-state index contributed by atoms with van der Waals surface area (Å²) in [5.41, 5.74) is -1.78. The zero-order valence-corrected chi connectivity index (χ0v) is 28.8. The number of carbonyl (C=O) groups is 5. The number of ether oxygens (including phenoxy) is 3. The second-order valence-electron chi connectivity index (χ2n) is 11.7. The van der Waals surface area contributed by atoms with Crippen molar-refractivity contribution in [1.82, 2.24) is 4.90 Å². The van der Waals surface area contributed by atoms with Gasteiger partial charge in [-0.05, 0) is 60.7 Å². The number of carbonyl (C=O) groups excluding carboxylic acids is 5. The number of nitrogens with zero attached hydrogens (tertiary/aromatic N) is 1. The molecule has 10 nitrogen and oxygen atoms in total. The molecule has 0 heterocycles. The quantitative estimate of drug-likeness (QED) is 0.114. The van der Waals surface area contributed by atoms with Gasteiger partial charge in [-0.2, -0.15) is 13.2 Å². The highest BCUT2D eigenvalue weighted by atomic mass is 19.4. The lowest BCUT2D eigenvalue weighted by atomic mass is 9.75. The molecule has 3 rings (SSSR count). The Kier molecular flexibility index (Phi) is 13.3. The van der Waals surface area contributed by atoms with E-state index in [-0.39, 0.29) is 35.6 Å². The molecule has 268 valence electrons. The highest BCUT2D eigenvalue weighted by Gasteiger charge is 2.54. The zero-order chi connectivity index (χ0) is 37.2. The summed E-state index contributed by atoms with van der Waals surface area (Å²) in [5, 5.41) is 2.73. The zero-order valence-electron chi connectivity index (χ0n) is 28.8. The van der Waals surface area contributed by atoms with Crippen LogP contribution in [-0.2, 0) is 41.2 Å². The van der Waals surface area contributed by atoms with E-state index in [4.69, 9.17) is 14.2 Å². The molecule has 3 aromatic carbocycles. The number of para-hydroxylation sites is 1. The molecule has 0 radical (unpaired) electrons. The summed E-state index contributed by atoms with van der Waals surface area (Å²) >= 11 is 0. The number of anilines is 1. The Morgan fingerprint density at radius 3 is 1.90 bits per heavy atom. The van der Waals surface area contributed by atoms with Crippen LogP contribution in [0.15, 0.2) is 66.7 Å². The minimum Gasteiger partial charge on any atom is -0.465 e. The van der Waals surface area contributed by atoms with Crippen molar-refractivity contribution in [1.29, 1.82) is 0 Å². The van der Waals surface area contributed by atoms with Gasteiger partial charge in [-0.3, -0.25) is 24.0 Å². The van der Waals surface area contributed by atoms with Crippen molar-refractivity contribution < 1.29 is 51.4 Å². The SMILES string of the molecule is CCOC(=O)C(COC(=O)Cc1cccc(C(=O)N(C)C)c1NC(=O)c1ccccc1-c1ccc(C(F)(F)F)cc1)(C(=O)OCC)C(C)CC. The molecule has 50 heavy (non-hydrogen) atoms. The molecular formula is C37H41F3N2O8. The number of hydrogen-bond acceptors (Lipinski definition) is 8. The molecule has 0 aromatic heterocycles. The molecule has 0 bridgehead atoms. The van der Waals surface area contributed by atoms with Crippen molar-refractivity contribution in [3.63, 3.8) is 0 Å². The fraction of sp³-hybridized carbons (Fsp3) is 0.378. The Bertz CT molecular complexity index is 1690. The lowest BCUT2D eigenvalue weighted by molar-refractivity contribution is -0.183. The maximum absolute atomic E-state index is 13.8. The molecule has 1 N–H and O–H groups in total. The molecule has 0 aliphatic carbocycles. The summed E-state index contributed by atoms with van der Waals surface area (Å²) in [7, 11) is 3.02. The van der Waals surface area contributed by atoms with Crippen LogP contribution in [0.3, 0.4) is 0 Å². The minimum absolute atomic E-state index is 0.000604. The highest BCUT2D eigenvalue weighted by Crippen LogP contribution is 2.35. The molecule has 0 spiro atoms. The summed E-state index contributed by atoms with van der Waals surface area (Å²) in [6.07, 6.45) is -4.66. The molecule has 2 amide bonds. The third-order valence-corrected chi connectivity index (χ3v) is 8.25. The lowest BCUT2D eigenvalue weighted by Crippen LogP contribution is -2.50. The predicted octanol–water partition coefficient (Wildman–Crippen LogP) is 6.57. The molecule has 13 heteroatoms. The first-order chi connectivity index (χ1) is 23.6. The van der Waals surface area contributed by atoms with Gasteiger partial charge in [0.2, 0.25) is 5.41 Å². The van der Waals surface area contributed by atoms with Crippen LogP contribution in [0.1, 0.15) is 66.0 Å². The maximum Gasteiger partial charge on any atom is 0.416 e.